The van der Waals surface area contributed by atoms with Gasteiger partial charge in [-0.3, -0.25) is 0 Å². The number of methoxy groups -OCH3 is 1. The van der Waals surface area contributed by atoms with Crippen molar-refractivity contribution in [1.29, 1.82) is 0 Å². The minimum atomic E-state index is -3.42. The van der Waals surface area contributed by atoms with Gasteiger partial charge in [0.25, 0.3) is 0 Å². The van der Waals surface area contributed by atoms with Crippen LogP contribution in [0.4, 0.5) is 0 Å². The summed E-state index contributed by atoms with van der Waals surface area (Å²) in [5, 5.41) is 6.47. The molecule has 0 amide bonds. The largest absolute Gasteiger partial charge is 0.383 e. The molecule has 152 valence electrons. The van der Waals surface area contributed by atoms with Gasteiger partial charge < -0.3 is 15.4 Å². The Morgan fingerprint density at radius 3 is 2.70 bits per heavy atom. The number of sulfonamides is 1. The van der Waals surface area contributed by atoms with E-state index < -0.39 is 10.0 Å². The van der Waals surface area contributed by atoms with Gasteiger partial charge in [0.15, 0.2) is 5.96 Å². The summed E-state index contributed by atoms with van der Waals surface area (Å²) >= 11 is 0. The van der Waals surface area contributed by atoms with E-state index in [9.17, 15) is 8.42 Å². The summed E-state index contributed by atoms with van der Waals surface area (Å²) in [6.07, 6.45) is 2.96. The van der Waals surface area contributed by atoms with Gasteiger partial charge in [0.2, 0.25) is 10.0 Å². The standard InChI is InChI=1S/C19H32N4O3S/c1-4-20-19(22-16(2)15-26-3)21-14-17-9-8-10-18(13-17)27(24,25)23-11-6-5-7-12-23/h8-10,13,16H,4-7,11-12,14-15H2,1-3H3,(H2,20,21,22). The van der Waals surface area contributed by atoms with E-state index in [0.717, 1.165) is 31.4 Å². The number of aliphatic imine (C=N–C) groups is 1. The number of guanidine groups is 1. The van der Waals surface area contributed by atoms with E-state index in [4.69, 9.17) is 4.74 Å². The van der Waals surface area contributed by atoms with Gasteiger partial charge in [-0.25, -0.2) is 13.4 Å². The van der Waals surface area contributed by atoms with E-state index in [1.54, 1.807) is 29.6 Å². The number of nitrogens with zero attached hydrogens (tertiary/aromatic N) is 2. The summed E-state index contributed by atoms with van der Waals surface area (Å²) in [6, 6.07) is 7.21. The number of benzene rings is 1. The first-order chi connectivity index (χ1) is 13.0. The number of hydrogen-bond donors (Lipinski definition) is 2. The number of ether oxygens (including phenoxy) is 1. The fourth-order valence-corrected chi connectivity index (χ4v) is 4.66. The van der Waals surface area contributed by atoms with Gasteiger partial charge in [-0.2, -0.15) is 4.31 Å². The van der Waals surface area contributed by atoms with E-state index in [2.05, 4.69) is 15.6 Å². The smallest absolute Gasteiger partial charge is 0.243 e. The van der Waals surface area contributed by atoms with Crippen LogP contribution in [0.2, 0.25) is 0 Å². The summed E-state index contributed by atoms with van der Waals surface area (Å²) in [6.45, 7) is 6.96. The lowest BCUT2D eigenvalue weighted by atomic mass is 10.2. The van der Waals surface area contributed by atoms with Gasteiger partial charge in [-0.1, -0.05) is 18.6 Å². The van der Waals surface area contributed by atoms with Gasteiger partial charge in [-0.15, -0.1) is 0 Å². The Morgan fingerprint density at radius 2 is 2.04 bits per heavy atom. The van der Waals surface area contributed by atoms with Crippen molar-refractivity contribution in [1.82, 2.24) is 14.9 Å². The lowest BCUT2D eigenvalue weighted by molar-refractivity contribution is 0.179. The molecule has 0 bridgehead atoms. The van der Waals surface area contributed by atoms with Crippen LogP contribution in [0.5, 0.6) is 0 Å². The Balaban J connectivity index is 2.11. The Hall–Kier alpha value is -1.64. The second kappa shape index (κ2) is 10.6. The SMILES string of the molecule is CCNC(=NCc1cccc(S(=O)(=O)N2CCCCC2)c1)NC(C)COC. The van der Waals surface area contributed by atoms with Gasteiger partial charge in [-0.05, 0) is 44.4 Å². The van der Waals surface area contributed by atoms with Crippen LogP contribution in [0, 0.1) is 0 Å². The molecule has 0 aliphatic carbocycles. The third-order valence-electron chi connectivity index (χ3n) is 4.42. The van der Waals surface area contributed by atoms with Crippen molar-refractivity contribution in [2.75, 3.05) is 33.4 Å². The molecular weight excluding hydrogens is 364 g/mol. The molecule has 1 unspecified atom stereocenters. The minimum absolute atomic E-state index is 0.124. The van der Waals surface area contributed by atoms with Gasteiger partial charge >= 0.3 is 0 Å². The first kappa shape index (κ1) is 21.7. The average molecular weight is 397 g/mol. The molecule has 1 aromatic carbocycles. The molecule has 0 saturated carbocycles. The summed E-state index contributed by atoms with van der Waals surface area (Å²) < 4.78 is 32.4. The van der Waals surface area contributed by atoms with Crippen LogP contribution < -0.4 is 10.6 Å². The summed E-state index contributed by atoms with van der Waals surface area (Å²) in [4.78, 5) is 4.92. The Bertz CT molecular complexity index is 715. The van der Waals surface area contributed by atoms with Crippen LogP contribution >= 0.6 is 0 Å². The van der Waals surface area contributed by atoms with Crippen LogP contribution in [-0.4, -0.2) is 58.1 Å². The lowest BCUT2D eigenvalue weighted by Crippen LogP contribution is -2.43. The third-order valence-corrected chi connectivity index (χ3v) is 6.31. The van der Waals surface area contributed by atoms with Crippen LogP contribution in [-0.2, 0) is 21.3 Å². The third kappa shape index (κ3) is 6.48. The topological polar surface area (TPSA) is 83.0 Å². The van der Waals surface area contributed by atoms with E-state index in [1.807, 2.05) is 19.9 Å². The second-order valence-corrected chi connectivity index (χ2v) is 8.75. The second-order valence-electron chi connectivity index (χ2n) is 6.81. The molecule has 0 aromatic heterocycles. The summed E-state index contributed by atoms with van der Waals surface area (Å²) in [5.41, 5.74) is 0.865. The van der Waals surface area contributed by atoms with Crippen molar-refractivity contribution in [2.24, 2.45) is 4.99 Å². The van der Waals surface area contributed by atoms with Crippen LogP contribution in [0.15, 0.2) is 34.2 Å². The molecule has 7 nitrogen and oxygen atoms in total. The highest BCUT2D eigenvalue weighted by atomic mass is 32.2. The zero-order valence-electron chi connectivity index (χ0n) is 16.6. The summed E-state index contributed by atoms with van der Waals surface area (Å²) in [7, 11) is -1.76. The van der Waals surface area contributed by atoms with E-state index in [1.165, 1.54) is 0 Å². The minimum Gasteiger partial charge on any atom is -0.383 e. The molecule has 1 aliphatic heterocycles. The Labute approximate surface area is 163 Å². The monoisotopic (exact) mass is 396 g/mol. The normalized spacial score (nSPS) is 17.5. The number of nitrogens with one attached hydrogen (secondary N) is 2. The molecular formula is C19H32N4O3S. The number of rotatable bonds is 8. The quantitative estimate of drug-likeness (QED) is 0.518. The van der Waals surface area contributed by atoms with Crippen molar-refractivity contribution >= 4 is 16.0 Å². The highest BCUT2D eigenvalue weighted by Crippen LogP contribution is 2.21. The van der Waals surface area contributed by atoms with Gasteiger partial charge in [0, 0.05) is 32.8 Å². The maximum absolute atomic E-state index is 12.8. The molecule has 27 heavy (non-hydrogen) atoms. The first-order valence-electron chi connectivity index (χ1n) is 9.60. The molecule has 0 radical (unpaired) electrons. The molecule has 8 heteroatoms. The average Bonchev–Trinajstić information content (AvgIpc) is 2.67. The Kier molecular flexibility index (Phi) is 8.53. The zero-order chi connectivity index (χ0) is 19.7. The fourth-order valence-electron chi connectivity index (χ4n) is 3.07. The van der Waals surface area contributed by atoms with Crippen LogP contribution in [0.25, 0.3) is 0 Å². The predicted octanol–water partition coefficient (Wildman–Crippen LogP) is 1.95. The van der Waals surface area contributed by atoms with E-state index in [-0.39, 0.29) is 6.04 Å². The molecule has 1 atom stereocenters. The van der Waals surface area contributed by atoms with Crippen molar-refractivity contribution in [3.8, 4) is 0 Å². The molecule has 1 aliphatic rings. The lowest BCUT2D eigenvalue weighted by Gasteiger charge is -2.26. The molecule has 2 N–H and O–H groups in total. The fraction of sp³-hybridized carbons (Fsp3) is 0.632. The molecule has 1 heterocycles. The molecule has 2 rings (SSSR count). The van der Waals surface area contributed by atoms with Gasteiger partial charge in [0.05, 0.1) is 18.0 Å². The maximum Gasteiger partial charge on any atom is 0.243 e. The number of hydrogen-bond acceptors (Lipinski definition) is 4. The molecule has 1 saturated heterocycles. The van der Waals surface area contributed by atoms with Crippen molar-refractivity contribution < 1.29 is 13.2 Å². The van der Waals surface area contributed by atoms with Gasteiger partial charge in [0.1, 0.15) is 0 Å². The maximum atomic E-state index is 12.8. The molecule has 1 aromatic rings. The highest BCUT2D eigenvalue weighted by molar-refractivity contribution is 7.89. The summed E-state index contributed by atoms with van der Waals surface area (Å²) in [5.74, 6) is 0.686. The number of piperidine rings is 1. The molecule has 1 fully saturated rings. The van der Waals surface area contributed by atoms with Crippen LogP contribution in [0.3, 0.4) is 0 Å². The molecule has 0 spiro atoms. The predicted molar refractivity (Wildman–Crippen MR) is 108 cm³/mol. The zero-order valence-corrected chi connectivity index (χ0v) is 17.4. The van der Waals surface area contributed by atoms with E-state index in [0.29, 0.717) is 37.1 Å². The first-order valence-corrected chi connectivity index (χ1v) is 11.0. The Morgan fingerprint density at radius 1 is 1.30 bits per heavy atom. The van der Waals surface area contributed by atoms with Crippen molar-refractivity contribution in [3.63, 3.8) is 0 Å². The highest BCUT2D eigenvalue weighted by Gasteiger charge is 2.25. The van der Waals surface area contributed by atoms with Crippen molar-refractivity contribution in [3.05, 3.63) is 29.8 Å². The van der Waals surface area contributed by atoms with E-state index >= 15 is 0 Å². The van der Waals surface area contributed by atoms with Crippen molar-refractivity contribution in [2.45, 2.75) is 50.6 Å². The van der Waals surface area contributed by atoms with Crippen LogP contribution in [0.1, 0.15) is 38.7 Å².